The Kier molecular flexibility index (Phi) is 3.66. The number of thiophene rings is 1. The third-order valence-corrected chi connectivity index (χ3v) is 4.57. The number of anilines is 1. The van der Waals surface area contributed by atoms with E-state index in [4.69, 9.17) is 4.74 Å². The van der Waals surface area contributed by atoms with Crippen molar-refractivity contribution in [3.63, 3.8) is 0 Å². The lowest BCUT2D eigenvalue weighted by Gasteiger charge is -1.99. The van der Waals surface area contributed by atoms with Crippen LogP contribution in [0.15, 0.2) is 35.0 Å². The molecule has 0 aliphatic heterocycles. The van der Waals surface area contributed by atoms with Gasteiger partial charge in [0, 0.05) is 6.54 Å². The highest BCUT2D eigenvalue weighted by Gasteiger charge is 2.04. The van der Waals surface area contributed by atoms with Crippen molar-refractivity contribution in [3.8, 4) is 5.75 Å². The normalized spacial score (nSPS) is 10.8. The first kappa shape index (κ1) is 12.4. The van der Waals surface area contributed by atoms with Gasteiger partial charge >= 0.3 is 0 Å². The number of hydrogen-bond acceptors (Lipinski definition) is 5. The Morgan fingerprint density at radius 1 is 1.32 bits per heavy atom. The zero-order valence-corrected chi connectivity index (χ0v) is 12.2. The van der Waals surface area contributed by atoms with Gasteiger partial charge in [-0.2, -0.15) is 11.3 Å². The van der Waals surface area contributed by atoms with Crippen LogP contribution in [0.5, 0.6) is 5.75 Å². The number of rotatable bonds is 5. The average Bonchev–Trinajstić information content (AvgIpc) is 3.06. The van der Waals surface area contributed by atoms with Crippen LogP contribution in [0.1, 0.15) is 5.56 Å². The fraction of sp³-hybridized carbons (Fsp3) is 0.214. The lowest BCUT2D eigenvalue weighted by Crippen LogP contribution is -2.03. The molecule has 19 heavy (non-hydrogen) atoms. The number of fused-ring (bicyclic) bond motifs is 1. The molecule has 3 aromatic rings. The fourth-order valence-electron chi connectivity index (χ4n) is 1.86. The van der Waals surface area contributed by atoms with Crippen molar-refractivity contribution < 1.29 is 4.74 Å². The van der Waals surface area contributed by atoms with E-state index in [2.05, 4.69) is 27.1 Å². The molecule has 1 N–H and O–H groups in total. The summed E-state index contributed by atoms with van der Waals surface area (Å²) in [5.41, 5.74) is 2.39. The number of ether oxygens (including phenoxy) is 1. The van der Waals surface area contributed by atoms with Crippen molar-refractivity contribution in [1.29, 1.82) is 0 Å². The Hall–Kier alpha value is -1.59. The summed E-state index contributed by atoms with van der Waals surface area (Å²) >= 11 is 3.40. The van der Waals surface area contributed by atoms with Crippen molar-refractivity contribution in [2.24, 2.45) is 0 Å². The topological polar surface area (TPSA) is 34.1 Å². The fourth-order valence-corrected chi connectivity index (χ4v) is 3.48. The van der Waals surface area contributed by atoms with Crippen molar-refractivity contribution in [2.75, 3.05) is 19.0 Å². The van der Waals surface area contributed by atoms with Crippen LogP contribution in [-0.2, 0) is 6.42 Å². The van der Waals surface area contributed by atoms with E-state index in [1.807, 2.05) is 18.2 Å². The lowest BCUT2D eigenvalue weighted by atomic mass is 10.2. The van der Waals surface area contributed by atoms with Gasteiger partial charge in [-0.05, 0) is 47.0 Å². The molecule has 0 radical (unpaired) electrons. The number of nitrogens with zero attached hydrogens (tertiary/aromatic N) is 1. The van der Waals surface area contributed by atoms with E-state index in [9.17, 15) is 0 Å². The monoisotopic (exact) mass is 290 g/mol. The standard InChI is InChI=1S/C14H14N2OS2/c1-17-11-2-3-12-13(8-11)19-14(16-12)15-6-4-10-5-7-18-9-10/h2-3,5,7-9H,4,6H2,1H3,(H,15,16). The van der Waals surface area contributed by atoms with Gasteiger partial charge in [0.15, 0.2) is 5.13 Å². The lowest BCUT2D eigenvalue weighted by molar-refractivity contribution is 0.415. The Bertz CT molecular complexity index is 661. The van der Waals surface area contributed by atoms with E-state index in [-0.39, 0.29) is 0 Å². The molecule has 0 unspecified atom stereocenters. The van der Waals surface area contributed by atoms with Crippen LogP contribution < -0.4 is 10.1 Å². The van der Waals surface area contributed by atoms with Crippen LogP contribution in [0, 0.1) is 0 Å². The minimum Gasteiger partial charge on any atom is -0.497 e. The summed E-state index contributed by atoms with van der Waals surface area (Å²) in [6.45, 7) is 0.910. The van der Waals surface area contributed by atoms with Crippen molar-refractivity contribution >= 4 is 38.0 Å². The smallest absolute Gasteiger partial charge is 0.183 e. The molecule has 3 nitrogen and oxygen atoms in total. The molecule has 3 rings (SSSR count). The van der Waals surface area contributed by atoms with Gasteiger partial charge in [0.1, 0.15) is 5.75 Å². The highest BCUT2D eigenvalue weighted by atomic mass is 32.1. The quantitative estimate of drug-likeness (QED) is 0.770. The van der Waals surface area contributed by atoms with Gasteiger partial charge in [-0.1, -0.05) is 11.3 Å². The summed E-state index contributed by atoms with van der Waals surface area (Å²) in [6.07, 6.45) is 1.03. The van der Waals surface area contributed by atoms with Crippen LogP contribution in [0.2, 0.25) is 0 Å². The molecule has 0 spiro atoms. The highest BCUT2D eigenvalue weighted by Crippen LogP contribution is 2.29. The molecule has 0 saturated heterocycles. The molecular weight excluding hydrogens is 276 g/mol. The molecule has 2 heterocycles. The molecule has 0 aliphatic rings. The largest absolute Gasteiger partial charge is 0.497 e. The van der Waals surface area contributed by atoms with Crippen LogP contribution >= 0.6 is 22.7 Å². The van der Waals surface area contributed by atoms with Gasteiger partial charge in [0.25, 0.3) is 0 Å². The van der Waals surface area contributed by atoms with E-state index < -0.39 is 0 Å². The highest BCUT2D eigenvalue weighted by molar-refractivity contribution is 7.22. The summed E-state index contributed by atoms with van der Waals surface area (Å²) in [5, 5.41) is 8.65. The van der Waals surface area contributed by atoms with Crippen LogP contribution in [0.25, 0.3) is 10.2 Å². The Morgan fingerprint density at radius 3 is 3.05 bits per heavy atom. The zero-order valence-electron chi connectivity index (χ0n) is 10.6. The summed E-state index contributed by atoms with van der Waals surface area (Å²) < 4.78 is 6.37. The van der Waals surface area contributed by atoms with Gasteiger partial charge in [-0.25, -0.2) is 4.98 Å². The summed E-state index contributed by atoms with van der Waals surface area (Å²) in [5.74, 6) is 0.876. The van der Waals surface area contributed by atoms with Crippen molar-refractivity contribution in [2.45, 2.75) is 6.42 Å². The predicted octanol–water partition coefficient (Wildman–Crippen LogP) is 4.02. The Morgan fingerprint density at radius 2 is 2.26 bits per heavy atom. The number of thiazole rings is 1. The van der Waals surface area contributed by atoms with E-state index in [0.717, 1.165) is 34.1 Å². The summed E-state index contributed by atoms with van der Waals surface area (Å²) in [4.78, 5) is 4.56. The molecular formula is C14H14N2OS2. The van der Waals surface area contributed by atoms with Gasteiger partial charge in [0.2, 0.25) is 0 Å². The first-order valence-corrected chi connectivity index (χ1v) is 7.80. The molecule has 0 saturated carbocycles. The summed E-state index contributed by atoms with van der Waals surface area (Å²) in [7, 11) is 1.68. The predicted molar refractivity (Wildman–Crippen MR) is 82.7 cm³/mol. The first-order chi connectivity index (χ1) is 9.35. The maximum Gasteiger partial charge on any atom is 0.183 e. The first-order valence-electron chi connectivity index (χ1n) is 6.05. The average molecular weight is 290 g/mol. The molecule has 1 aromatic carbocycles. The van der Waals surface area contributed by atoms with Gasteiger partial charge in [-0.3, -0.25) is 0 Å². The molecule has 0 atom stereocenters. The van der Waals surface area contributed by atoms with Gasteiger partial charge in [0.05, 0.1) is 17.3 Å². The molecule has 0 bridgehead atoms. The summed E-state index contributed by atoms with van der Waals surface area (Å²) in [6, 6.07) is 8.12. The minimum absolute atomic E-state index is 0.876. The molecule has 5 heteroatoms. The van der Waals surface area contributed by atoms with Crippen molar-refractivity contribution in [3.05, 3.63) is 40.6 Å². The SMILES string of the molecule is COc1ccc2nc(NCCc3ccsc3)sc2c1. The second-order valence-corrected chi connectivity index (χ2v) is 5.97. The molecule has 0 fully saturated rings. The van der Waals surface area contributed by atoms with Crippen molar-refractivity contribution in [1.82, 2.24) is 4.98 Å². The Labute approximate surface area is 119 Å². The van der Waals surface area contributed by atoms with E-state index in [1.54, 1.807) is 29.8 Å². The maximum atomic E-state index is 5.22. The zero-order chi connectivity index (χ0) is 13.1. The second-order valence-electron chi connectivity index (χ2n) is 4.16. The number of hydrogen-bond donors (Lipinski definition) is 1. The van der Waals surface area contributed by atoms with Crippen LogP contribution in [0.3, 0.4) is 0 Å². The van der Waals surface area contributed by atoms with E-state index in [0.29, 0.717) is 0 Å². The molecule has 98 valence electrons. The maximum absolute atomic E-state index is 5.22. The van der Waals surface area contributed by atoms with Crippen LogP contribution in [-0.4, -0.2) is 18.6 Å². The van der Waals surface area contributed by atoms with E-state index in [1.165, 1.54) is 5.56 Å². The van der Waals surface area contributed by atoms with Gasteiger partial charge in [-0.15, -0.1) is 0 Å². The number of aromatic nitrogens is 1. The number of methoxy groups -OCH3 is 1. The third kappa shape index (κ3) is 2.88. The minimum atomic E-state index is 0.876. The third-order valence-electron chi connectivity index (χ3n) is 2.87. The van der Waals surface area contributed by atoms with Crippen LogP contribution in [0.4, 0.5) is 5.13 Å². The number of benzene rings is 1. The molecule has 0 aliphatic carbocycles. The second kappa shape index (κ2) is 5.59. The molecule has 0 amide bonds. The number of nitrogens with one attached hydrogen (secondary N) is 1. The molecule has 2 aromatic heterocycles. The Balaban J connectivity index is 1.67. The van der Waals surface area contributed by atoms with E-state index >= 15 is 0 Å². The van der Waals surface area contributed by atoms with Gasteiger partial charge < -0.3 is 10.1 Å².